The standard InChI is InChI=1S/C20H23NO4/c1-24-17-9-8-15(14-18(17)25-13-12-22)19(23)21-20(10-5-11-20)16-6-3-2-4-7-16/h2-4,6-9,14,22H,5,10-13H2,1H3,(H,21,23). The summed E-state index contributed by atoms with van der Waals surface area (Å²) in [5.41, 5.74) is 1.36. The van der Waals surface area contributed by atoms with E-state index in [1.54, 1.807) is 25.3 Å². The number of carbonyl (C=O) groups is 1. The molecule has 0 atom stereocenters. The van der Waals surface area contributed by atoms with E-state index in [0.29, 0.717) is 17.1 Å². The number of nitrogens with one attached hydrogen (secondary N) is 1. The molecule has 0 saturated heterocycles. The lowest BCUT2D eigenvalue weighted by Gasteiger charge is -2.43. The molecule has 0 unspecified atom stereocenters. The van der Waals surface area contributed by atoms with Crippen molar-refractivity contribution < 1.29 is 19.4 Å². The molecule has 5 nitrogen and oxygen atoms in total. The first-order valence-corrected chi connectivity index (χ1v) is 8.48. The van der Waals surface area contributed by atoms with E-state index in [-0.39, 0.29) is 24.7 Å². The third-order valence-electron chi connectivity index (χ3n) is 4.66. The normalized spacial score (nSPS) is 15.1. The minimum absolute atomic E-state index is 0.100. The molecule has 0 aromatic heterocycles. The van der Waals surface area contributed by atoms with Gasteiger partial charge in [-0.3, -0.25) is 4.79 Å². The van der Waals surface area contributed by atoms with E-state index in [1.807, 2.05) is 18.2 Å². The lowest BCUT2D eigenvalue weighted by Crippen LogP contribution is -2.50. The molecule has 0 spiro atoms. The molecule has 0 bridgehead atoms. The van der Waals surface area contributed by atoms with Gasteiger partial charge in [0.1, 0.15) is 6.61 Å². The quantitative estimate of drug-likeness (QED) is 0.813. The summed E-state index contributed by atoms with van der Waals surface area (Å²) in [6, 6.07) is 15.2. The summed E-state index contributed by atoms with van der Waals surface area (Å²) in [5, 5.41) is 12.1. The van der Waals surface area contributed by atoms with Gasteiger partial charge in [-0.1, -0.05) is 30.3 Å². The first-order valence-electron chi connectivity index (χ1n) is 8.48. The number of hydrogen-bond donors (Lipinski definition) is 2. The highest BCUT2D eigenvalue weighted by Gasteiger charge is 2.40. The van der Waals surface area contributed by atoms with Crippen LogP contribution in [0.4, 0.5) is 0 Å². The van der Waals surface area contributed by atoms with Crippen LogP contribution >= 0.6 is 0 Å². The highest BCUT2D eigenvalue weighted by atomic mass is 16.5. The van der Waals surface area contributed by atoms with Crippen LogP contribution in [0.2, 0.25) is 0 Å². The van der Waals surface area contributed by atoms with Gasteiger partial charge in [-0.2, -0.15) is 0 Å². The summed E-state index contributed by atoms with van der Waals surface area (Å²) in [6.45, 7) is 0.0477. The van der Waals surface area contributed by atoms with E-state index in [2.05, 4.69) is 17.4 Å². The van der Waals surface area contributed by atoms with Gasteiger partial charge in [0.15, 0.2) is 11.5 Å². The predicted molar refractivity (Wildman–Crippen MR) is 95.0 cm³/mol. The zero-order valence-electron chi connectivity index (χ0n) is 14.3. The van der Waals surface area contributed by atoms with Crippen molar-refractivity contribution in [2.24, 2.45) is 0 Å². The van der Waals surface area contributed by atoms with Gasteiger partial charge in [0, 0.05) is 5.56 Å². The Morgan fingerprint density at radius 2 is 1.92 bits per heavy atom. The van der Waals surface area contributed by atoms with Crippen molar-refractivity contribution in [1.29, 1.82) is 0 Å². The molecule has 0 heterocycles. The Bertz CT molecular complexity index is 726. The summed E-state index contributed by atoms with van der Waals surface area (Å²) in [5.74, 6) is 0.845. The highest BCUT2D eigenvalue weighted by Crippen LogP contribution is 2.41. The van der Waals surface area contributed by atoms with Gasteiger partial charge in [0.25, 0.3) is 5.91 Å². The van der Waals surface area contributed by atoms with Gasteiger partial charge in [-0.05, 0) is 43.0 Å². The van der Waals surface area contributed by atoms with Gasteiger partial charge in [0.2, 0.25) is 0 Å². The van der Waals surface area contributed by atoms with Crippen molar-refractivity contribution in [2.75, 3.05) is 20.3 Å². The van der Waals surface area contributed by atoms with Crippen LogP contribution in [0.15, 0.2) is 48.5 Å². The smallest absolute Gasteiger partial charge is 0.252 e. The van der Waals surface area contributed by atoms with Gasteiger partial charge >= 0.3 is 0 Å². The van der Waals surface area contributed by atoms with Gasteiger partial charge < -0.3 is 19.9 Å². The van der Waals surface area contributed by atoms with Crippen LogP contribution in [-0.2, 0) is 5.54 Å². The Labute approximate surface area is 147 Å². The SMILES string of the molecule is COc1ccc(C(=O)NC2(c3ccccc3)CCC2)cc1OCCO. The maximum atomic E-state index is 12.8. The average Bonchev–Trinajstić information content (AvgIpc) is 2.63. The Morgan fingerprint density at radius 1 is 1.16 bits per heavy atom. The molecule has 1 fully saturated rings. The third kappa shape index (κ3) is 3.61. The second-order valence-electron chi connectivity index (χ2n) is 6.19. The molecule has 5 heteroatoms. The van der Waals surface area contributed by atoms with Crippen LogP contribution in [0.1, 0.15) is 35.2 Å². The summed E-state index contributed by atoms with van der Waals surface area (Å²) in [6.07, 6.45) is 2.97. The number of carbonyl (C=O) groups excluding carboxylic acids is 1. The van der Waals surface area contributed by atoms with E-state index in [1.165, 1.54) is 0 Å². The average molecular weight is 341 g/mol. The number of methoxy groups -OCH3 is 1. The molecule has 2 N–H and O–H groups in total. The monoisotopic (exact) mass is 341 g/mol. The molecule has 2 aromatic rings. The maximum absolute atomic E-state index is 12.8. The maximum Gasteiger partial charge on any atom is 0.252 e. The van der Waals surface area contributed by atoms with Crippen molar-refractivity contribution in [3.8, 4) is 11.5 Å². The number of rotatable bonds is 7. The van der Waals surface area contributed by atoms with Crippen molar-refractivity contribution in [2.45, 2.75) is 24.8 Å². The number of aliphatic hydroxyl groups is 1. The highest BCUT2D eigenvalue weighted by molar-refractivity contribution is 5.95. The molecular formula is C20H23NO4. The number of amides is 1. The van der Waals surface area contributed by atoms with Gasteiger partial charge in [-0.15, -0.1) is 0 Å². The predicted octanol–water partition coefficient (Wildman–Crippen LogP) is 2.88. The summed E-state index contributed by atoms with van der Waals surface area (Å²) >= 11 is 0. The number of ether oxygens (including phenoxy) is 2. The third-order valence-corrected chi connectivity index (χ3v) is 4.66. The minimum atomic E-state index is -0.287. The molecule has 1 amide bonds. The molecule has 1 aliphatic rings. The first kappa shape index (κ1) is 17.3. The Morgan fingerprint density at radius 3 is 2.52 bits per heavy atom. The number of aliphatic hydroxyl groups excluding tert-OH is 1. The second kappa shape index (κ2) is 7.57. The van der Waals surface area contributed by atoms with Gasteiger partial charge in [0.05, 0.1) is 19.3 Å². The van der Waals surface area contributed by atoms with Crippen molar-refractivity contribution >= 4 is 5.91 Å². The van der Waals surface area contributed by atoms with Gasteiger partial charge in [-0.25, -0.2) is 0 Å². The Balaban J connectivity index is 1.81. The van der Waals surface area contributed by atoms with Crippen LogP contribution in [0.5, 0.6) is 11.5 Å². The fraction of sp³-hybridized carbons (Fsp3) is 0.350. The second-order valence-corrected chi connectivity index (χ2v) is 6.19. The summed E-state index contributed by atoms with van der Waals surface area (Å²) in [4.78, 5) is 12.8. The van der Waals surface area contributed by atoms with Crippen LogP contribution in [0.3, 0.4) is 0 Å². The van der Waals surface area contributed by atoms with Crippen LogP contribution in [0, 0.1) is 0 Å². The Kier molecular flexibility index (Phi) is 5.24. The molecule has 1 aliphatic carbocycles. The number of benzene rings is 2. The van der Waals surface area contributed by atoms with Crippen LogP contribution in [0.25, 0.3) is 0 Å². The van der Waals surface area contributed by atoms with E-state index in [0.717, 1.165) is 24.8 Å². The summed E-state index contributed by atoms with van der Waals surface area (Å²) in [7, 11) is 1.54. The van der Waals surface area contributed by atoms with Crippen molar-refractivity contribution in [3.05, 3.63) is 59.7 Å². The largest absolute Gasteiger partial charge is 0.493 e. The topological polar surface area (TPSA) is 67.8 Å². The zero-order valence-corrected chi connectivity index (χ0v) is 14.3. The summed E-state index contributed by atoms with van der Waals surface area (Å²) < 4.78 is 10.7. The molecule has 1 saturated carbocycles. The zero-order chi connectivity index (χ0) is 17.7. The van der Waals surface area contributed by atoms with Crippen LogP contribution < -0.4 is 14.8 Å². The molecular weight excluding hydrogens is 318 g/mol. The molecule has 132 valence electrons. The fourth-order valence-electron chi connectivity index (χ4n) is 3.15. The van der Waals surface area contributed by atoms with E-state index in [4.69, 9.17) is 14.6 Å². The lowest BCUT2D eigenvalue weighted by atomic mass is 9.71. The minimum Gasteiger partial charge on any atom is -0.493 e. The first-order chi connectivity index (χ1) is 12.2. The van der Waals surface area contributed by atoms with Crippen molar-refractivity contribution in [1.82, 2.24) is 5.32 Å². The number of hydrogen-bond acceptors (Lipinski definition) is 4. The molecule has 2 aromatic carbocycles. The van der Waals surface area contributed by atoms with E-state index < -0.39 is 0 Å². The van der Waals surface area contributed by atoms with Crippen molar-refractivity contribution in [3.63, 3.8) is 0 Å². The molecule has 3 rings (SSSR count). The van der Waals surface area contributed by atoms with E-state index >= 15 is 0 Å². The molecule has 25 heavy (non-hydrogen) atoms. The fourth-order valence-corrected chi connectivity index (χ4v) is 3.15. The molecule has 0 radical (unpaired) electrons. The Hall–Kier alpha value is -2.53. The van der Waals surface area contributed by atoms with E-state index in [9.17, 15) is 4.79 Å². The lowest BCUT2D eigenvalue weighted by molar-refractivity contribution is 0.0822. The van der Waals surface area contributed by atoms with Crippen LogP contribution in [-0.4, -0.2) is 31.3 Å². The molecule has 0 aliphatic heterocycles.